The number of carbonyl (C=O) groups excluding carboxylic acids is 1. The predicted molar refractivity (Wildman–Crippen MR) is 60.2 cm³/mol. The Morgan fingerprint density at radius 1 is 0.944 bits per heavy atom. The van der Waals surface area contributed by atoms with Gasteiger partial charge >= 0.3 is 11.9 Å². The Hall–Kier alpha value is -1.38. The molecule has 12 heteroatoms. The summed E-state index contributed by atoms with van der Waals surface area (Å²) >= 11 is 0. The lowest BCUT2D eigenvalue weighted by Crippen LogP contribution is -2.29. The van der Waals surface area contributed by atoms with Gasteiger partial charge in [0, 0.05) is 0 Å². The monoisotopic (exact) mass is 285 g/mol. The van der Waals surface area contributed by atoms with Crippen molar-refractivity contribution in [1.82, 2.24) is 5.32 Å². The Kier molecular flexibility index (Phi) is 72.1. The molecule has 0 bridgehead atoms. The maximum Gasteiger partial charge on any atom is 0.320 e. The van der Waals surface area contributed by atoms with Crippen molar-refractivity contribution in [3.05, 3.63) is 0 Å². The number of aliphatic hydroxyl groups is 1. The van der Waals surface area contributed by atoms with Gasteiger partial charge in [-0.2, -0.15) is 0 Å². The topological polar surface area (TPSA) is 285 Å². The molecular formula is C6H23NO11. The second-order valence-electron chi connectivity index (χ2n) is 1.94. The highest BCUT2D eigenvalue weighted by molar-refractivity contribution is 5.73. The zero-order chi connectivity index (χ0) is 9.40. The standard InChI is InChI=1S/C6H11NO5.6H2O/c8-1-2-12-6(11)4-7-3-5(9)10;;;;;;/h7-8H,1-4H2,(H,9,10);6*1H2. The molecule has 0 amide bonds. The normalized spacial score (nSPS) is 6.28. The fourth-order valence-electron chi connectivity index (χ4n) is 0.482. The smallest absolute Gasteiger partial charge is 0.320 e. The van der Waals surface area contributed by atoms with Crippen LogP contribution in [0, 0.1) is 0 Å². The molecular weight excluding hydrogens is 262 g/mol. The molecule has 0 aromatic carbocycles. The molecule has 0 saturated heterocycles. The lowest BCUT2D eigenvalue weighted by atomic mass is 10.6. The third-order valence-electron chi connectivity index (χ3n) is 0.900. The molecule has 0 fully saturated rings. The quantitative estimate of drug-likeness (QED) is 0.398. The van der Waals surface area contributed by atoms with E-state index >= 15 is 0 Å². The molecule has 0 heterocycles. The van der Waals surface area contributed by atoms with Crippen LogP contribution in [0.25, 0.3) is 0 Å². The fraction of sp³-hybridized carbons (Fsp3) is 0.667. The van der Waals surface area contributed by atoms with E-state index in [0.29, 0.717) is 0 Å². The lowest BCUT2D eigenvalue weighted by Gasteiger charge is -2.02. The van der Waals surface area contributed by atoms with Gasteiger partial charge in [0.2, 0.25) is 0 Å². The number of aliphatic hydroxyl groups excluding tert-OH is 1. The molecule has 0 aliphatic carbocycles. The summed E-state index contributed by atoms with van der Waals surface area (Å²) in [5, 5.41) is 18.7. The first-order valence-corrected chi connectivity index (χ1v) is 3.36. The third-order valence-corrected chi connectivity index (χ3v) is 0.900. The number of carboxylic acid groups (broad SMARTS) is 1. The van der Waals surface area contributed by atoms with Crippen LogP contribution in [-0.2, 0) is 14.3 Å². The number of hydrogen-bond donors (Lipinski definition) is 3. The van der Waals surface area contributed by atoms with Gasteiger partial charge in [-0.1, -0.05) is 0 Å². The molecule has 0 aromatic rings. The number of carboxylic acids is 1. The Balaban J connectivity index is -0.0000000403. The molecule has 0 radical (unpaired) electrons. The Labute approximate surface area is 102 Å². The molecule has 0 spiro atoms. The van der Waals surface area contributed by atoms with E-state index in [9.17, 15) is 9.59 Å². The van der Waals surface area contributed by atoms with Gasteiger partial charge in [-0.3, -0.25) is 14.9 Å². The van der Waals surface area contributed by atoms with E-state index in [2.05, 4.69) is 10.1 Å². The SMILES string of the molecule is O.O.O.O.O.O.O=C(O)CNCC(=O)OCCO. The summed E-state index contributed by atoms with van der Waals surface area (Å²) in [6, 6.07) is 0. The summed E-state index contributed by atoms with van der Waals surface area (Å²) in [6.45, 7) is -0.737. The van der Waals surface area contributed by atoms with Crippen molar-refractivity contribution in [2.45, 2.75) is 0 Å². The van der Waals surface area contributed by atoms with E-state index in [1.807, 2.05) is 0 Å². The molecule has 0 saturated carbocycles. The average Bonchev–Trinajstić information content (AvgIpc) is 2.00. The zero-order valence-electron chi connectivity index (χ0n) is 9.45. The van der Waals surface area contributed by atoms with Crippen LogP contribution >= 0.6 is 0 Å². The minimum absolute atomic E-state index is 0. The molecule has 0 rings (SSSR count). The van der Waals surface area contributed by atoms with E-state index in [1.165, 1.54) is 0 Å². The van der Waals surface area contributed by atoms with Crippen LogP contribution in [0.3, 0.4) is 0 Å². The van der Waals surface area contributed by atoms with E-state index in [-0.39, 0.29) is 59.2 Å². The van der Waals surface area contributed by atoms with Crippen LogP contribution in [0.4, 0.5) is 0 Å². The molecule has 0 atom stereocenters. The van der Waals surface area contributed by atoms with Gasteiger partial charge in [-0.25, -0.2) is 0 Å². The molecule has 118 valence electrons. The van der Waals surface area contributed by atoms with Crippen LogP contribution in [-0.4, -0.2) is 81.3 Å². The minimum atomic E-state index is -1.04. The number of carbonyl (C=O) groups is 2. The molecule has 18 heavy (non-hydrogen) atoms. The van der Waals surface area contributed by atoms with Crippen molar-refractivity contribution < 1.29 is 57.4 Å². The first-order chi connectivity index (χ1) is 5.66. The molecule has 0 aliphatic rings. The lowest BCUT2D eigenvalue weighted by molar-refractivity contribution is -0.143. The van der Waals surface area contributed by atoms with Crippen LogP contribution < -0.4 is 5.32 Å². The number of nitrogens with one attached hydrogen (secondary N) is 1. The van der Waals surface area contributed by atoms with E-state index < -0.39 is 11.9 Å². The summed E-state index contributed by atoms with van der Waals surface area (Å²) in [5.41, 5.74) is 0. The highest BCUT2D eigenvalue weighted by atomic mass is 16.5. The maximum atomic E-state index is 10.6. The van der Waals surface area contributed by atoms with Crippen molar-refractivity contribution in [2.75, 3.05) is 26.3 Å². The average molecular weight is 285 g/mol. The first kappa shape index (κ1) is 43.8. The second-order valence-corrected chi connectivity index (χ2v) is 1.94. The second kappa shape index (κ2) is 29.6. The van der Waals surface area contributed by atoms with Crippen molar-refractivity contribution in [3.8, 4) is 0 Å². The summed E-state index contributed by atoms with van der Waals surface area (Å²) in [4.78, 5) is 20.5. The number of aliphatic carboxylic acids is 1. The van der Waals surface area contributed by atoms with Gasteiger partial charge in [0.05, 0.1) is 19.7 Å². The Morgan fingerprint density at radius 3 is 1.72 bits per heavy atom. The highest BCUT2D eigenvalue weighted by Crippen LogP contribution is 1.75. The maximum absolute atomic E-state index is 10.6. The number of ether oxygens (including phenoxy) is 1. The number of hydrogen-bond acceptors (Lipinski definition) is 5. The predicted octanol–water partition coefficient (Wildman–Crippen LogP) is -6.75. The highest BCUT2D eigenvalue weighted by Gasteiger charge is 2.02. The van der Waals surface area contributed by atoms with Gasteiger partial charge in [0.15, 0.2) is 0 Å². The van der Waals surface area contributed by atoms with E-state index in [4.69, 9.17) is 10.2 Å². The number of rotatable bonds is 6. The van der Waals surface area contributed by atoms with E-state index in [0.717, 1.165) is 0 Å². The number of esters is 1. The van der Waals surface area contributed by atoms with Crippen LogP contribution in [0.5, 0.6) is 0 Å². The molecule has 0 aromatic heterocycles. The van der Waals surface area contributed by atoms with Crippen molar-refractivity contribution in [2.24, 2.45) is 0 Å². The van der Waals surface area contributed by atoms with Gasteiger partial charge in [0.25, 0.3) is 0 Å². The van der Waals surface area contributed by atoms with Crippen LogP contribution in [0.2, 0.25) is 0 Å². The van der Waals surface area contributed by atoms with Crippen molar-refractivity contribution >= 4 is 11.9 Å². The Morgan fingerprint density at radius 2 is 1.39 bits per heavy atom. The minimum Gasteiger partial charge on any atom is -0.480 e. The summed E-state index contributed by atoms with van der Waals surface area (Å²) in [5.74, 6) is -1.62. The van der Waals surface area contributed by atoms with Crippen molar-refractivity contribution in [1.29, 1.82) is 0 Å². The van der Waals surface area contributed by atoms with Gasteiger partial charge in [-0.05, 0) is 0 Å². The van der Waals surface area contributed by atoms with Gasteiger partial charge < -0.3 is 47.8 Å². The summed E-state index contributed by atoms with van der Waals surface area (Å²) < 4.78 is 4.43. The first-order valence-electron chi connectivity index (χ1n) is 3.36. The van der Waals surface area contributed by atoms with Crippen LogP contribution in [0.15, 0.2) is 0 Å². The molecule has 0 unspecified atom stereocenters. The molecule has 15 N–H and O–H groups in total. The van der Waals surface area contributed by atoms with Gasteiger partial charge in [-0.15, -0.1) is 0 Å². The molecule has 0 aliphatic heterocycles. The van der Waals surface area contributed by atoms with E-state index in [1.54, 1.807) is 0 Å². The Bertz CT molecular complexity index is 164. The zero-order valence-corrected chi connectivity index (χ0v) is 9.45. The third kappa shape index (κ3) is 36.5. The fourth-order valence-corrected chi connectivity index (χ4v) is 0.482. The van der Waals surface area contributed by atoms with Gasteiger partial charge in [0.1, 0.15) is 6.61 Å². The largest absolute Gasteiger partial charge is 0.480 e. The van der Waals surface area contributed by atoms with Crippen molar-refractivity contribution in [3.63, 3.8) is 0 Å². The summed E-state index contributed by atoms with van der Waals surface area (Å²) in [7, 11) is 0. The summed E-state index contributed by atoms with van der Waals surface area (Å²) in [6.07, 6.45) is 0. The van der Waals surface area contributed by atoms with Crippen LogP contribution in [0.1, 0.15) is 0 Å². The molecule has 12 nitrogen and oxygen atoms in total.